The number of nitrogens with one attached hydrogen (secondary N) is 1. The van der Waals surface area contributed by atoms with Gasteiger partial charge in [0.2, 0.25) is 0 Å². The van der Waals surface area contributed by atoms with Gasteiger partial charge < -0.3 is 14.7 Å². The highest BCUT2D eigenvalue weighted by atomic mass is 16.6. The van der Waals surface area contributed by atoms with E-state index in [4.69, 9.17) is 4.52 Å². The Labute approximate surface area is 162 Å². The Morgan fingerprint density at radius 2 is 2.04 bits per heavy atom. The van der Waals surface area contributed by atoms with E-state index < -0.39 is 4.92 Å². The van der Waals surface area contributed by atoms with Gasteiger partial charge in [-0.15, -0.1) is 0 Å². The fraction of sp³-hybridized carbons (Fsp3) is 0.474. The Hall–Kier alpha value is -2.94. The number of aromatic nitrogens is 1. The summed E-state index contributed by atoms with van der Waals surface area (Å²) in [6, 6.07) is 6.92. The normalized spacial score (nSPS) is 17.5. The highest BCUT2D eigenvalue weighted by molar-refractivity contribution is 5.95. The molecule has 2 heterocycles. The molecule has 1 aliphatic heterocycles. The fourth-order valence-corrected chi connectivity index (χ4v) is 3.39. The number of benzene rings is 1. The van der Waals surface area contributed by atoms with E-state index in [0.717, 1.165) is 37.4 Å². The molecule has 1 amide bonds. The highest BCUT2D eigenvalue weighted by Crippen LogP contribution is 2.31. The number of hydrogen-bond donors (Lipinski definition) is 1. The highest BCUT2D eigenvalue weighted by Gasteiger charge is 2.27. The molecule has 9 nitrogen and oxygen atoms in total. The fourth-order valence-electron chi connectivity index (χ4n) is 3.39. The summed E-state index contributed by atoms with van der Waals surface area (Å²) in [7, 11) is 0. The Morgan fingerprint density at radius 1 is 1.29 bits per heavy atom. The molecule has 0 unspecified atom stereocenters. The average molecular weight is 385 g/mol. The zero-order valence-electron chi connectivity index (χ0n) is 15.8. The van der Waals surface area contributed by atoms with Crippen molar-refractivity contribution in [1.29, 1.82) is 0 Å². The summed E-state index contributed by atoms with van der Waals surface area (Å²) in [4.78, 5) is 27.8. The molecule has 2 aromatic rings. The Balaban J connectivity index is 1.39. The molecule has 0 bridgehead atoms. The number of nitro benzene ring substituents is 1. The number of carbonyl (C=O) groups is 1. The SMILES string of the molecule is Cc1cc(CN2CCN(C(=O)c3ccc(NC4CC4)c([N+](=O)[O-])c3)CC2)on1. The van der Waals surface area contributed by atoms with Gasteiger partial charge in [0, 0.05) is 49.9 Å². The van der Waals surface area contributed by atoms with E-state index in [1.807, 2.05) is 13.0 Å². The summed E-state index contributed by atoms with van der Waals surface area (Å²) >= 11 is 0. The van der Waals surface area contributed by atoms with Crippen molar-refractivity contribution in [2.24, 2.45) is 0 Å². The van der Waals surface area contributed by atoms with Gasteiger partial charge in [0.25, 0.3) is 11.6 Å². The summed E-state index contributed by atoms with van der Waals surface area (Å²) in [5, 5.41) is 18.5. The molecule has 1 aromatic carbocycles. The zero-order chi connectivity index (χ0) is 19.7. The molecule has 0 radical (unpaired) electrons. The minimum atomic E-state index is -0.432. The Kier molecular flexibility index (Phi) is 4.99. The summed E-state index contributed by atoms with van der Waals surface area (Å²) in [6.07, 6.45) is 2.05. The van der Waals surface area contributed by atoms with E-state index in [1.165, 1.54) is 6.07 Å². The number of nitro groups is 1. The van der Waals surface area contributed by atoms with Crippen LogP contribution in [0.1, 0.15) is 34.7 Å². The number of aryl methyl sites for hydroxylation is 1. The van der Waals surface area contributed by atoms with Crippen molar-refractivity contribution in [1.82, 2.24) is 15.0 Å². The lowest BCUT2D eigenvalue weighted by atomic mass is 10.1. The van der Waals surface area contributed by atoms with Crippen molar-refractivity contribution >= 4 is 17.3 Å². The number of rotatable bonds is 6. The van der Waals surface area contributed by atoms with Crippen LogP contribution in [-0.4, -0.2) is 58.0 Å². The van der Waals surface area contributed by atoms with E-state index >= 15 is 0 Å². The number of nitrogens with zero attached hydrogens (tertiary/aromatic N) is 4. The van der Waals surface area contributed by atoms with Crippen LogP contribution in [0.25, 0.3) is 0 Å². The van der Waals surface area contributed by atoms with Crippen molar-refractivity contribution in [3.63, 3.8) is 0 Å². The van der Waals surface area contributed by atoms with Gasteiger partial charge in [-0.05, 0) is 31.9 Å². The largest absolute Gasteiger partial charge is 0.377 e. The molecule has 9 heteroatoms. The van der Waals surface area contributed by atoms with Gasteiger partial charge in [0.05, 0.1) is 17.2 Å². The van der Waals surface area contributed by atoms with Gasteiger partial charge in [-0.25, -0.2) is 0 Å². The molecule has 1 saturated carbocycles. The maximum atomic E-state index is 12.8. The second kappa shape index (κ2) is 7.59. The smallest absolute Gasteiger partial charge is 0.293 e. The number of carbonyl (C=O) groups excluding carboxylic acids is 1. The summed E-state index contributed by atoms with van der Waals surface area (Å²) in [5.74, 6) is 0.642. The van der Waals surface area contributed by atoms with Crippen molar-refractivity contribution < 1.29 is 14.2 Å². The standard InChI is InChI=1S/C19H23N5O4/c1-13-10-16(28-21-13)12-22-6-8-23(9-7-22)19(25)14-2-5-17(20-15-3-4-15)18(11-14)24(26)27/h2,5,10-11,15,20H,3-4,6-9,12H2,1H3. The molecule has 0 atom stereocenters. The molecule has 2 aliphatic rings. The molecular formula is C19H23N5O4. The monoisotopic (exact) mass is 385 g/mol. The summed E-state index contributed by atoms with van der Waals surface area (Å²) in [5.41, 5.74) is 1.64. The number of amides is 1. The topological polar surface area (TPSA) is 105 Å². The van der Waals surface area contributed by atoms with Crippen LogP contribution in [0.5, 0.6) is 0 Å². The van der Waals surface area contributed by atoms with Crippen LogP contribution < -0.4 is 5.32 Å². The quantitative estimate of drug-likeness (QED) is 0.601. The van der Waals surface area contributed by atoms with Crippen molar-refractivity contribution in [2.45, 2.75) is 32.4 Å². The van der Waals surface area contributed by atoms with Crippen LogP contribution in [0.3, 0.4) is 0 Å². The minimum absolute atomic E-state index is 0.0444. The van der Waals surface area contributed by atoms with Crippen LogP contribution in [0, 0.1) is 17.0 Å². The maximum Gasteiger partial charge on any atom is 0.293 e. The summed E-state index contributed by atoms with van der Waals surface area (Å²) < 4.78 is 5.25. The van der Waals surface area contributed by atoms with Crippen LogP contribution >= 0.6 is 0 Å². The Bertz CT molecular complexity index is 884. The molecule has 1 aromatic heterocycles. The van der Waals surface area contributed by atoms with E-state index in [-0.39, 0.29) is 11.6 Å². The van der Waals surface area contributed by atoms with Gasteiger partial charge in [0.1, 0.15) is 5.69 Å². The van der Waals surface area contributed by atoms with E-state index in [1.54, 1.807) is 17.0 Å². The van der Waals surface area contributed by atoms with Crippen molar-refractivity contribution in [3.05, 3.63) is 51.4 Å². The molecular weight excluding hydrogens is 362 g/mol. The molecule has 148 valence electrons. The lowest BCUT2D eigenvalue weighted by Gasteiger charge is -2.34. The van der Waals surface area contributed by atoms with Crippen molar-refractivity contribution in [2.75, 3.05) is 31.5 Å². The molecule has 1 saturated heterocycles. The van der Waals surface area contributed by atoms with Crippen molar-refractivity contribution in [3.8, 4) is 0 Å². The molecule has 0 spiro atoms. The molecule has 2 fully saturated rings. The number of hydrogen-bond acceptors (Lipinski definition) is 7. The first kappa shape index (κ1) is 18.4. The van der Waals surface area contributed by atoms with Crippen LogP contribution in [0.4, 0.5) is 11.4 Å². The van der Waals surface area contributed by atoms with Gasteiger partial charge >= 0.3 is 0 Å². The second-order valence-electron chi connectivity index (χ2n) is 7.41. The number of piperazine rings is 1. The maximum absolute atomic E-state index is 12.8. The molecule has 4 rings (SSSR count). The van der Waals surface area contributed by atoms with E-state index in [9.17, 15) is 14.9 Å². The Morgan fingerprint density at radius 3 is 2.64 bits per heavy atom. The van der Waals surface area contributed by atoms with E-state index in [2.05, 4.69) is 15.4 Å². The van der Waals surface area contributed by atoms with E-state index in [0.29, 0.717) is 36.9 Å². The summed E-state index contributed by atoms with van der Waals surface area (Å²) in [6.45, 7) is 5.12. The lowest BCUT2D eigenvalue weighted by Crippen LogP contribution is -2.48. The number of anilines is 1. The minimum Gasteiger partial charge on any atom is -0.377 e. The average Bonchev–Trinajstić information content (AvgIpc) is 3.41. The van der Waals surface area contributed by atoms with Gasteiger partial charge in [-0.1, -0.05) is 5.16 Å². The third-order valence-corrected chi connectivity index (χ3v) is 5.09. The first-order chi connectivity index (χ1) is 13.5. The first-order valence-corrected chi connectivity index (χ1v) is 9.48. The van der Waals surface area contributed by atoms with Crippen LogP contribution in [0.2, 0.25) is 0 Å². The molecule has 28 heavy (non-hydrogen) atoms. The predicted octanol–water partition coefficient (Wildman–Crippen LogP) is 2.42. The zero-order valence-corrected chi connectivity index (χ0v) is 15.8. The van der Waals surface area contributed by atoms with Gasteiger partial charge in [-0.2, -0.15) is 0 Å². The van der Waals surface area contributed by atoms with Crippen LogP contribution in [-0.2, 0) is 6.54 Å². The molecule has 1 N–H and O–H groups in total. The van der Waals surface area contributed by atoms with Gasteiger partial charge in [-0.3, -0.25) is 19.8 Å². The lowest BCUT2D eigenvalue weighted by molar-refractivity contribution is -0.384. The predicted molar refractivity (Wildman–Crippen MR) is 102 cm³/mol. The third kappa shape index (κ3) is 4.14. The molecule has 1 aliphatic carbocycles. The van der Waals surface area contributed by atoms with Gasteiger partial charge in [0.15, 0.2) is 5.76 Å². The first-order valence-electron chi connectivity index (χ1n) is 9.48. The third-order valence-electron chi connectivity index (χ3n) is 5.09. The second-order valence-corrected chi connectivity index (χ2v) is 7.41. The van der Waals surface area contributed by atoms with Crippen LogP contribution in [0.15, 0.2) is 28.8 Å².